The maximum Gasteiger partial charge on any atom is 0.263 e. The lowest BCUT2D eigenvalue weighted by Gasteiger charge is -2.11. The molecule has 0 aliphatic carbocycles. The number of benzene rings is 2. The van der Waals surface area contributed by atoms with Gasteiger partial charge in [-0.25, -0.2) is 0 Å². The Labute approximate surface area is 171 Å². The second-order valence-electron chi connectivity index (χ2n) is 5.41. The molecule has 0 aromatic heterocycles. The van der Waals surface area contributed by atoms with E-state index in [2.05, 4.69) is 5.32 Å². The highest BCUT2D eigenvalue weighted by Crippen LogP contribution is 2.31. The van der Waals surface area contributed by atoms with Crippen LogP contribution in [0.15, 0.2) is 47.4 Å². The van der Waals surface area contributed by atoms with Gasteiger partial charge in [-0.3, -0.25) is 4.79 Å². The maximum absolute atomic E-state index is 11.9. The lowest BCUT2D eigenvalue weighted by Crippen LogP contribution is -2.17. The molecule has 1 amide bonds. The third-order valence-electron chi connectivity index (χ3n) is 3.57. The predicted molar refractivity (Wildman–Crippen MR) is 112 cm³/mol. The summed E-state index contributed by atoms with van der Waals surface area (Å²) in [4.78, 5) is 12.4. The van der Waals surface area contributed by atoms with Crippen molar-refractivity contribution in [1.82, 2.24) is 5.32 Å². The fourth-order valence-electron chi connectivity index (χ4n) is 2.31. The second kappa shape index (κ2) is 9.12. The fraction of sp³-hybridized carbons (Fsp3) is 0.158. The van der Waals surface area contributed by atoms with Crippen molar-refractivity contribution in [3.05, 3.63) is 58.0 Å². The van der Waals surface area contributed by atoms with Crippen LogP contribution in [0.1, 0.15) is 5.56 Å². The van der Waals surface area contributed by atoms with Crippen LogP contribution in [0.3, 0.4) is 0 Å². The molecule has 1 heterocycles. The molecule has 0 atom stereocenters. The van der Waals surface area contributed by atoms with E-state index in [1.807, 2.05) is 24.3 Å². The van der Waals surface area contributed by atoms with Crippen molar-refractivity contribution in [3.8, 4) is 17.2 Å². The van der Waals surface area contributed by atoms with Crippen LogP contribution in [0.5, 0.6) is 17.2 Å². The summed E-state index contributed by atoms with van der Waals surface area (Å²) in [5.74, 6) is 1.88. The van der Waals surface area contributed by atoms with E-state index in [1.54, 1.807) is 31.4 Å². The highest BCUT2D eigenvalue weighted by molar-refractivity contribution is 8.26. The SMILES string of the molecule is COc1ccc(OCCOc2ccc(Cl)cc2/C=C2/SC(=S)NC2=O)cc1. The van der Waals surface area contributed by atoms with E-state index < -0.39 is 0 Å². The molecule has 0 bridgehead atoms. The molecule has 0 saturated carbocycles. The van der Waals surface area contributed by atoms with Crippen molar-refractivity contribution in [2.45, 2.75) is 0 Å². The van der Waals surface area contributed by atoms with Gasteiger partial charge in [-0.05, 0) is 48.5 Å². The van der Waals surface area contributed by atoms with Gasteiger partial charge in [0.25, 0.3) is 5.91 Å². The van der Waals surface area contributed by atoms with E-state index in [9.17, 15) is 4.79 Å². The summed E-state index contributed by atoms with van der Waals surface area (Å²) in [5, 5.41) is 3.13. The van der Waals surface area contributed by atoms with E-state index in [0.29, 0.717) is 38.8 Å². The largest absolute Gasteiger partial charge is 0.497 e. The van der Waals surface area contributed by atoms with E-state index in [0.717, 1.165) is 11.5 Å². The zero-order valence-corrected chi connectivity index (χ0v) is 16.7. The summed E-state index contributed by atoms with van der Waals surface area (Å²) in [5.41, 5.74) is 0.703. The number of carbonyl (C=O) groups excluding carboxylic acids is 1. The number of thiocarbonyl (C=S) groups is 1. The molecule has 0 spiro atoms. The van der Waals surface area contributed by atoms with Gasteiger partial charge in [-0.15, -0.1) is 0 Å². The van der Waals surface area contributed by atoms with Crippen LogP contribution in [-0.2, 0) is 4.79 Å². The average Bonchev–Trinajstić information content (AvgIpc) is 2.97. The smallest absolute Gasteiger partial charge is 0.263 e. The Morgan fingerprint density at radius 1 is 1.11 bits per heavy atom. The average molecular weight is 422 g/mol. The molecule has 2 aromatic rings. The first-order valence-electron chi connectivity index (χ1n) is 7.99. The fourth-order valence-corrected chi connectivity index (χ4v) is 3.52. The first kappa shape index (κ1) is 19.5. The van der Waals surface area contributed by atoms with Gasteiger partial charge >= 0.3 is 0 Å². The van der Waals surface area contributed by atoms with Crippen LogP contribution in [0.2, 0.25) is 5.02 Å². The quantitative estimate of drug-likeness (QED) is 0.408. The summed E-state index contributed by atoms with van der Waals surface area (Å²) in [6.45, 7) is 0.700. The molecule has 1 fully saturated rings. The van der Waals surface area contributed by atoms with Crippen LogP contribution in [0.4, 0.5) is 0 Å². The normalized spacial score (nSPS) is 15.0. The Morgan fingerprint density at radius 2 is 1.81 bits per heavy atom. The van der Waals surface area contributed by atoms with Gasteiger partial charge in [0.1, 0.15) is 34.8 Å². The standard InChI is InChI=1S/C19H16ClNO4S2/c1-23-14-3-5-15(6-4-14)24-8-9-25-16-7-2-13(20)10-12(16)11-17-18(22)21-19(26)27-17/h2-7,10-11H,8-9H2,1H3,(H,21,22,26)/b17-11+. The Bertz CT molecular complexity index is 884. The number of methoxy groups -OCH3 is 1. The Kier molecular flexibility index (Phi) is 6.60. The number of halogens is 1. The van der Waals surface area contributed by atoms with Gasteiger partial charge in [0.2, 0.25) is 0 Å². The predicted octanol–water partition coefficient (Wildman–Crippen LogP) is 4.30. The number of hydrogen-bond donors (Lipinski definition) is 1. The minimum absolute atomic E-state index is 0.223. The lowest BCUT2D eigenvalue weighted by molar-refractivity contribution is -0.115. The molecule has 1 aliphatic rings. The Morgan fingerprint density at radius 3 is 2.48 bits per heavy atom. The van der Waals surface area contributed by atoms with Crippen molar-refractivity contribution >= 4 is 51.9 Å². The number of ether oxygens (including phenoxy) is 3. The second-order valence-corrected chi connectivity index (χ2v) is 7.56. The van der Waals surface area contributed by atoms with E-state index >= 15 is 0 Å². The van der Waals surface area contributed by atoms with Gasteiger partial charge in [0, 0.05) is 10.6 Å². The molecule has 3 rings (SSSR count). The van der Waals surface area contributed by atoms with Gasteiger partial charge in [0.15, 0.2) is 0 Å². The summed E-state index contributed by atoms with van der Waals surface area (Å²) in [6, 6.07) is 12.5. The third kappa shape index (κ3) is 5.38. The topological polar surface area (TPSA) is 56.8 Å². The van der Waals surface area contributed by atoms with Crippen LogP contribution in [0, 0.1) is 0 Å². The van der Waals surface area contributed by atoms with Crippen molar-refractivity contribution < 1.29 is 19.0 Å². The molecular formula is C19H16ClNO4S2. The molecule has 1 saturated heterocycles. The number of amides is 1. The molecule has 1 N–H and O–H groups in total. The highest BCUT2D eigenvalue weighted by Gasteiger charge is 2.22. The van der Waals surface area contributed by atoms with Crippen LogP contribution < -0.4 is 19.5 Å². The lowest BCUT2D eigenvalue weighted by atomic mass is 10.2. The number of carbonyl (C=O) groups is 1. The van der Waals surface area contributed by atoms with Gasteiger partial charge in [-0.1, -0.05) is 35.6 Å². The number of rotatable bonds is 7. The number of hydrogen-bond acceptors (Lipinski definition) is 6. The minimum Gasteiger partial charge on any atom is -0.497 e. The number of thioether (sulfide) groups is 1. The molecule has 8 heteroatoms. The monoisotopic (exact) mass is 421 g/mol. The van der Waals surface area contributed by atoms with E-state index in [1.165, 1.54) is 11.8 Å². The van der Waals surface area contributed by atoms with Gasteiger partial charge in [0.05, 0.1) is 12.0 Å². The van der Waals surface area contributed by atoms with E-state index in [4.69, 9.17) is 38.0 Å². The first-order valence-corrected chi connectivity index (χ1v) is 9.59. The Hall–Kier alpha value is -2.22. The minimum atomic E-state index is -0.223. The van der Waals surface area contributed by atoms with Crippen molar-refractivity contribution in [1.29, 1.82) is 0 Å². The summed E-state index contributed by atoms with van der Waals surface area (Å²) in [6.07, 6.45) is 1.71. The molecule has 0 radical (unpaired) electrons. The molecule has 0 unspecified atom stereocenters. The third-order valence-corrected chi connectivity index (χ3v) is 4.97. The highest BCUT2D eigenvalue weighted by atomic mass is 35.5. The van der Waals surface area contributed by atoms with Crippen LogP contribution in [0.25, 0.3) is 6.08 Å². The molecule has 140 valence electrons. The molecule has 2 aromatic carbocycles. The van der Waals surface area contributed by atoms with Crippen LogP contribution >= 0.6 is 35.6 Å². The maximum atomic E-state index is 11.9. The Balaban J connectivity index is 1.62. The zero-order valence-electron chi connectivity index (χ0n) is 14.4. The van der Waals surface area contributed by atoms with Gasteiger partial charge in [-0.2, -0.15) is 0 Å². The van der Waals surface area contributed by atoms with Crippen LogP contribution in [-0.4, -0.2) is 30.6 Å². The first-order chi connectivity index (χ1) is 13.0. The molecule has 1 aliphatic heterocycles. The van der Waals surface area contributed by atoms with E-state index in [-0.39, 0.29) is 5.91 Å². The summed E-state index contributed by atoms with van der Waals surface area (Å²) in [7, 11) is 1.62. The molecule has 27 heavy (non-hydrogen) atoms. The summed E-state index contributed by atoms with van der Waals surface area (Å²) < 4.78 is 17.0. The van der Waals surface area contributed by atoms with Gasteiger partial charge < -0.3 is 19.5 Å². The molecular weight excluding hydrogens is 406 g/mol. The zero-order chi connectivity index (χ0) is 19.2. The summed E-state index contributed by atoms with van der Waals surface area (Å²) >= 11 is 12.3. The van der Waals surface area contributed by atoms with Crippen molar-refractivity contribution in [2.24, 2.45) is 0 Å². The van der Waals surface area contributed by atoms with Crippen molar-refractivity contribution in [3.63, 3.8) is 0 Å². The van der Waals surface area contributed by atoms with Crippen molar-refractivity contribution in [2.75, 3.05) is 20.3 Å². The molecule has 5 nitrogen and oxygen atoms in total. The number of nitrogens with one attached hydrogen (secondary N) is 1.